The quantitative estimate of drug-likeness (QED) is 0.581. The lowest BCUT2D eigenvalue weighted by molar-refractivity contribution is -0.157. The number of allylic oxidation sites excluding steroid dienone is 1. The van der Waals surface area contributed by atoms with E-state index in [9.17, 15) is 14.4 Å². The van der Waals surface area contributed by atoms with Gasteiger partial charge in [-0.3, -0.25) is 9.59 Å². The lowest BCUT2D eigenvalue weighted by atomic mass is 9.82. The molecule has 5 nitrogen and oxygen atoms in total. The Morgan fingerprint density at radius 3 is 2.72 bits per heavy atom. The number of rotatable bonds is 3. The first-order chi connectivity index (χ1) is 11.8. The van der Waals surface area contributed by atoms with E-state index in [4.69, 9.17) is 9.47 Å². The average molecular weight is 344 g/mol. The summed E-state index contributed by atoms with van der Waals surface area (Å²) in [5.74, 6) is -1.71. The first-order valence-corrected chi connectivity index (χ1v) is 8.78. The van der Waals surface area contributed by atoms with Gasteiger partial charge in [0.05, 0.1) is 11.8 Å². The van der Waals surface area contributed by atoms with Crippen molar-refractivity contribution in [1.29, 1.82) is 0 Å². The van der Waals surface area contributed by atoms with Gasteiger partial charge in [0, 0.05) is 23.5 Å². The van der Waals surface area contributed by atoms with E-state index in [1.165, 1.54) is 0 Å². The molecular formula is C20H24O5. The molecule has 1 unspecified atom stereocenters. The second-order valence-corrected chi connectivity index (χ2v) is 7.33. The highest BCUT2D eigenvalue weighted by atomic mass is 16.6. The van der Waals surface area contributed by atoms with E-state index in [-0.39, 0.29) is 23.6 Å². The van der Waals surface area contributed by atoms with Crippen molar-refractivity contribution in [2.24, 2.45) is 17.8 Å². The third-order valence-electron chi connectivity index (χ3n) is 5.67. The second-order valence-electron chi connectivity index (χ2n) is 7.33. The van der Waals surface area contributed by atoms with E-state index in [2.05, 4.69) is 6.58 Å². The highest BCUT2D eigenvalue weighted by Gasteiger charge is 2.53. The van der Waals surface area contributed by atoms with Gasteiger partial charge in [-0.2, -0.15) is 0 Å². The predicted octanol–water partition coefficient (Wildman–Crippen LogP) is 2.91. The molecule has 3 rings (SSSR count). The van der Waals surface area contributed by atoms with Crippen LogP contribution in [0.25, 0.3) is 0 Å². The Labute approximate surface area is 147 Å². The van der Waals surface area contributed by atoms with Gasteiger partial charge in [0.15, 0.2) is 5.78 Å². The van der Waals surface area contributed by atoms with Crippen molar-refractivity contribution in [3.63, 3.8) is 0 Å². The molecule has 0 spiro atoms. The standard InChI is InChI=1S/C20H24O5/c1-6-9(2)19(22)24-14-8-11(4)15-13(21)7-10(3)16(15)18-17(14)12(5)20(23)25-18/h7,9,14,16-18H,5-6,8H2,1-4H3/t9?,14-,16-,17+,18-/m0/s1. The first-order valence-electron chi connectivity index (χ1n) is 8.78. The molecule has 1 aliphatic heterocycles. The van der Waals surface area contributed by atoms with E-state index in [1.54, 1.807) is 6.08 Å². The summed E-state index contributed by atoms with van der Waals surface area (Å²) in [4.78, 5) is 36.9. The van der Waals surface area contributed by atoms with Gasteiger partial charge in [-0.15, -0.1) is 0 Å². The molecule has 0 aromatic heterocycles. The smallest absolute Gasteiger partial charge is 0.334 e. The molecule has 0 aromatic carbocycles. The zero-order valence-corrected chi connectivity index (χ0v) is 15.1. The van der Waals surface area contributed by atoms with Crippen molar-refractivity contribution in [2.45, 2.75) is 52.7 Å². The summed E-state index contributed by atoms with van der Waals surface area (Å²) in [7, 11) is 0. The Balaban J connectivity index is 2.01. The minimum atomic E-state index is -0.538. The molecule has 0 saturated carbocycles. The monoisotopic (exact) mass is 344 g/mol. The molecule has 134 valence electrons. The molecule has 0 amide bonds. The lowest BCUT2D eigenvalue weighted by Gasteiger charge is -2.28. The molecule has 5 heteroatoms. The Morgan fingerprint density at radius 1 is 1.40 bits per heavy atom. The first kappa shape index (κ1) is 17.6. The zero-order valence-electron chi connectivity index (χ0n) is 15.1. The summed E-state index contributed by atoms with van der Waals surface area (Å²) in [6.07, 6.45) is 1.63. The number of carbonyl (C=O) groups is 3. The number of ketones is 1. The molecule has 0 radical (unpaired) electrons. The molecule has 1 fully saturated rings. The van der Waals surface area contributed by atoms with E-state index >= 15 is 0 Å². The van der Waals surface area contributed by atoms with Gasteiger partial charge >= 0.3 is 11.9 Å². The van der Waals surface area contributed by atoms with Crippen LogP contribution in [0.2, 0.25) is 0 Å². The summed E-state index contributed by atoms with van der Waals surface area (Å²) in [5, 5.41) is 0. The van der Waals surface area contributed by atoms with E-state index in [0.29, 0.717) is 24.0 Å². The lowest BCUT2D eigenvalue weighted by Crippen LogP contribution is -2.36. The summed E-state index contributed by atoms with van der Waals surface area (Å²) >= 11 is 0. The van der Waals surface area contributed by atoms with Crippen LogP contribution in [0.1, 0.15) is 40.5 Å². The number of hydrogen-bond acceptors (Lipinski definition) is 5. The molecule has 1 heterocycles. The van der Waals surface area contributed by atoms with Crippen LogP contribution in [-0.2, 0) is 23.9 Å². The molecule has 0 bridgehead atoms. The van der Waals surface area contributed by atoms with Gasteiger partial charge in [0.25, 0.3) is 0 Å². The van der Waals surface area contributed by atoms with E-state index in [1.807, 2.05) is 27.7 Å². The summed E-state index contributed by atoms with van der Waals surface area (Å²) in [6, 6.07) is 0. The van der Waals surface area contributed by atoms with Crippen LogP contribution in [-0.4, -0.2) is 29.9 Å². The highest BCUT2D eigenvalue weighted by molar-refractivity contribution is 6.09. The number of carbonyl (C=O) groups excluding carboxylic acids is 3. The van der Waals surface area contributed by atoms with Gasteiger partial charge in [-0.05, 0) is 26.3 Å². The molecule has 5 atom stereocenters. The van der Waals surface area contributed by atoms with Gasteiger partial charge in [0.1, 0.15) is 12.2 Å². The average Bonchev–Trinajstić information content (AvgIpc) is 2.96. The molecule has 2 aliphatic carbocycles. The Bertz CT molecular complexity index is 726. The summed E-state index contributed by atoms with van der Waals surface area (Å²) < 4.78 is 11.3. The van der Waals surface area contributed by atoms with Crippen LogP contribution in [0.5, 0.6) is 0 Å². The van der Waals surface area contributed by atoms with Crippen molar-refractivity contribution in [2.75, 3.05) is 0 Å². The number of fused-ring (bicyclic) bond motifs is 3. The molecule has 1 saturated heterocycles. The SMILES string of the molecule is C=C1C(=O)O[C@H]2[C@H]3C(C)=CC(=O)C3=C(C)C[C@H](OC(=O)C(C)CC)[C@@H]12. The molecular weight excluding hydrogens is 320 g/mol. The Hall–Kier alpha value is -2.17. The van der Waals surface area contributed by atoms with Gasteiger partial charge in [-0.1, -0.05) is 31.6 Å². The van der Waals surface area contributed by atoms with E-state index < -0.39 is 24.1 Å². The maximum absolute atomic E-state index is 12.4. The Kier molecular flexibility index (Phi) is 4.43. The van der Waals surface area contributed by atoms with Crippen LogP contribution in [0.3, 0.4) is 0 Å². The predicted molar refractivity (Wildman–Crippen MR) is 91.4 cm³/mol. The number of ether oxygens (including phenoxy) is 2. The maximum atomic E-state index is 12.4. The van der Waals surface area contributed by atoms with Crippen molar-refractivity contribution in [3.05, 3.63) is 34.9 Å². The normalized spacial score (nSPS) is 32.6. The third kappa shape index (κ3) is 2.75. The van der Waals surface area contributed by atoms with Gasteiger partial charge in [-0.25, -0.2) is 4.79 Å². The van der Waals surface area contributed by atoms with Gasteiger partial charge in [0.2, 0.25) is 0 Å². The van der Waals surface area contributed by atoms with Crippen LogP contribution in [0, 0.1) is 17.8 Å². The van der Waals surface area contributed by atoms with Crippen LogP contribution in [0.4, 0.5) is 0 Å². The fourth-order valence-corrected chi connectivity index (χ4v) is 4.06. The maximum Gasteiger partial charge on any atom is 0.334 e. The fraction of sp³-hybridized carbons (Fsp3) is 0.550. The van der Waals surface area contributed by atoms with Crippen molar-refractivity contribution in [3.8, 4) is 0 Å². The largest absolute Gasteiger partial charge is 0.461 e. The van der Waals surface area contributed by atoms with Crippen LogP contribution < -0.4 is 0 Å². The minimum Gasteiger partial charge on any atom is -0.461 e. The zero-order chi connectivity index (χ0) is 18.5. The fourth-order valence-electron chi connectivity index (χ4n) is 4.06. The van der Waals surface area contributed by atoms with Crippen molar-refractivity contribution in [1.82, 2.24) is 0 Å². The van der Waals surface area contributed by atoms with Crippen LogP contribution >= 0.6 is 0 Å². The molecule has 0 N–H and O–H groups in total. The molecule has 25 heavy (non-hydrogen) atoms. The minimum absolute atomic E-state index is 0.0405. The summed E-state index contributed by atoms with van der Waals surface area (Å²) in [6.45, 7) is 11.4. The molecule has 3 aliphatic rings. The second kappa shape index (κ2) is 6.28. The third-order valence-corrected chi connectivity index (χ3v) is 5.67. The van der Waals surface area contributed by atoms with Gasteiger partial charge < -0.3 is 9.47 Å². The topological polar surface area (TPSA) is 69.7 Å². The van der Waals surface area contributed by atoms with Crippen molar-refractivity contribution < 1.29 is 23.9 Å². The number of esters is 2. The van der Waals surface area contributed by atoms with Crippen molar-refractivity contribution >= 4 is 17.7 Å². The number of hydrogen-bond donors (Lipinski definition) is 0. The van der Waals surface area contributed by atoms with Crippen LogP contribution in [0.15, 0.2) is 34.9 Å². The molecule has 0 aromatic rings. The highest BCUT2D eigenvalue weighted by Crippen LogP contribution is 2.48. The summed E-state index contributed by atoms with van der Waals surface area (Å²) in [5.41, 5.74) is 2.78. The Morgan fingerprint density at radius 2 is 2.08 bits per heavy atom. The van der Waals surface area contributed by atoms with E-state index in [0.717, 1.165) is 11.1 Å².